The summed E-state index contributed by atoms with van der Waals surface area (Å²) in [6.07, 6.45) is 0. The van der Waals surface area contributed by atoms with Crippen LogP contribution in [0.1, 0.15) is 22.6 Å². The summed E-state index contributed by atoms with van der Waals surface area (Å²) in [5, 5.41) is 8.54. The second-order valence-corrected chi connectivity index (χ2v) is 5.87. The van der Waals surface area contributed by atoms with E-state index in [0.717, 1.165) is 5.56 Å². The molecule has 8 nitrogen and oxygen atoms in total. The number of rotatable bonds is 2. The molecule has 122 valence electrons. The molecule has 24 heavy (non-hydrogen) atoms. The number of carbonyl (C=O) groups excluding carboxylic acids is 3. The van der Waals surface area contributed by atoms with Crippen molar-refractivity contribution in [3.63, 3.8) is 0 Å². The number of carbonyl (C=O) groups is 3. The number of anilines is 1. The number of aromatic nitrogens is 1. The Morgan fingerprint density at radius 3 is 2.58 bits per heavy atom. The van der Waals surface area contributed by atoms with Crippen molar-refractivity contribution in [3.05, 3.63) is 46.8 Å². The number of urea groups is 1. The first-order valence-electron chi connectivity index (χ1n) is 7.42. The van der Waals surface area contributed by atoms with Crippen molar-refractivity contribution in [1.29, 1.82) is 0 Å². The molecular formula is C16H14N4O4. The topological polar surface area (TPSA) is 105 Å². The Morgan fingerprint density at radius 1 is 1.21 bits per heavy atom. The molecule has 1 saturated heterocycles. The van der Waals surface area contributed by atoms with Crippen LogP contribution < -0.4 is 15.5 Å². The van der Waals surface area contributed by atoms with Crippen LogP contribution in [-0.2, 0) is 21.7 Å². The predicted octanol–water partition coefficient (Wildman–Crippen LogP) is 0.873. The van der Waals surface area contributed by atoms with E-state index in [0.29, 0.717) is 22.7 Å². The van der Waals surface area contributed by atoms with Gasteiger partial charge in [0.05, 0.1) is 17.9 Å². The van der Waals surface area contributed by atoms with Gasteiger partial charge in [-0.05, 0) is 19.9 Å². The highest BCUT2D eigenvalue weighted by Crippen LogP contribution is 2.42. The average Bonchev–Trinajstić information content (AvgIpc) is 3.12. The molecule has 4 rings (SSSR count). The molecule has 0 radical (unpaired) electrons. The fraction of sp³-hybridized carbons (Fsp3) is 0.250. The molecule has 1 unspecified atom stereocenters. The zero-order valence-electron chi connectivity index (χ0n) is 13.0. The van der Waals surface area contributed by atoms with Crippen LogP contribution in [0, 0.1) is 13.8 Å². The summed E-state index contributed by atoms with van der Waals surface area (Å²) in [5.41, 5.74) is 0.802. The van der Waals surface area contributed by atoms with Gasteiger partial charge < -0.3 is 14.7 Å². The van der Waals surface area contributed by atoms with Gasteiger partial charge in [-0.3, -0.25) is 14.9 Å². The SMILES string of the molecule is Cc1noc(C)c1CN1C(=O)C2(NC(=O)NC2=O)c2ccccc21. The second-order valence-electron chi connectivity index (χ2n) is 5.87. The van der Waals surface area contributed by atoms with Crippen LogP contribution in [-0.4, -0.2) is 23.0 Å². The monoisotopic (exact) mass is 326 g/mol. The Kier molecular flexibility index (Phi) is 2.81. The number of benzene rings is 1. The van der Waals surface area contributed by atoms with Gasteiger partial charge in [-0.2, -0.15) is 0 Å². The van der Waals surface area contributed by atoms with Gasteiger partial charge in [0, 0.05) is 11.1 Å². The van der Waals surface area contributed by atoms with E-state index in [-0.39, 0.29) is 6.54 Å². The highest BCUT2D eigenvalue weighted by Gasteiger charge is 2.61. The van der Waals surface area contributed by atoms with Crippen molar-refractivity contribution >= 4 is 23.5 Å². The minimum atomic E-state index is -1.70. The smallest absolute Gasteiger partial charge is 0.323 e. The fourth-order valence-electron chi connectivity index (χ4n) is 3.29. The first-order valence-corrected chi connectivity index (χ1v) is 7.42. The van der Waals surface area contributed by atoms with Crippen molar-refractivity contribution in [2.24, 2.45) is 0 Å². The molecule has 0 aliphatic carbocycles. The Bertz CT molecular complexity index is 884. The number of aryl methyl sites for hydroxylation is 2. The van der Waals surface area contributed by atoms with Crippen molar-refractivity contribution in [2.75, 3.05) is 4.90 Å². The van der Waals surface area contributed by atoms with Crippen LogP contribution in [0.4, 0.5) is 10.5 Å². The summed E-state index contributed by atoms with van der Waals surface area (Å²) in [4.78, 5) is 38.6. The third-order valence-electron chi connectivity index (χ3n) is 4.53. The first kappa shape index (κ1) is 14.4. The molecule has 3 heterocycles. The molecule has 2 aliphatic heterocycles. The number of nitrogens with zero attached hydrogens (tertiary/aromatic N) is 2. The maximum absolute atomic E-state index is 13.1. The molecule has 1 fully saturated rings. The molecule has 1 atom stereocenters. The van der Waals surface area contributed by atoms with Crippen LogP contribution >= 0.6 is 0 Å². The van der Waals surface area contributed by atoms with Gasteiger partial charge in [0.1, 0.15) is 5.76 Å². The van der Waals surface area contributed by atoms with Crippen LogP contribution in [0.3, 0.4) is 0 Å². The number of fused-ring (bicyclic) bond motifs is 2. The lowest BCUT2D eigenvalue weighted by atomic mass is 9.92. The van der Waals surface area contributed by atoms with Gasteiger partial charge in [-0.1, -0.05) is 23.4 Å². The molecule has 0 saturated carbocycles. The Labute approximate surface area is 136 Å². The van der Waals surface area contributed by atoms with Crippen molar-refractivity contribution in [1.82, 2.24) is 15.8 Å². The van der Waals surface area contributed by atoms with E-state index in [9.17, 15) is 14.4 Å². The normalized spacial score (nSPS) is 22.1. The Balaban J connectivity index is 1.85. The summed E-state index contributed by atoms with van der Waals surface area (Å²) in [7, 11) is 0. The number of nitrogens with one attached hydrogen (secondary N) is 2. The van der Waals surface area contributed by atoms with E-state index >= 15 is 0 Å². The molecule has 1 aromatic heterocycles. The van der Waals surface area contributed by atoms with Crippen LogP contribution in [0.15, 0.2) is 28.8 Å². The molecule has 1 spiro atoms. The summed E-state index contributed by atoms with van der Waals surface area (Å²) in [6, 6.07) is 6.25. The summed E-state index contributed by atoms with van der Waals surface area (Å²) in [6.45, 7) is 3.77. The number of para-hydroxylation sites is 1. The van der Waals surface area contributed by atoms with Gasteiger partial charge in [-0.15, -0.1) is 0 Å². The van der Waals surface area contributed by atoms with E-state index in [1.807, 2.05) is 0 Å². The number of hydrogen-bond donors (Lipinski definition) is 2. The Hall–Kier alpha value is -3.16. The van der Waals surface area contributed by atoms with Crippen molar-refractivity contribution < 1.29 is 18.9 Å². The van der Waals surface area contributed by atoms with Crippen molar-refractivity contribution in [3.8, 4) is 0 Å². The van der Waals surface area contributed by atoms with Gasteiger partial charge in [0.2, 0.25) is 5.54 Å². The van der Waals surface area contributed by atoms with E-state index in [1.165, 1.54) is 4.90 Å². The minimum Gasteiger partial charge on any atom is -0.361 e. The third kappa shape index (κ3) is 1.67. The maximum atomic E-state index is 13.1. The van der Waals surface area contributed by atoms with Crippen molar-refractivity contribution in [2.45, 2.75) is 25.9 Å². The number of imide groups is 1. The van der Waals surface area contributed by atoms with Gasteiger partial charge in [0.15, 0.2) is 0 Å². The van der Waals surface area contributed by atoms with E-state index in [2.05, 4.69) is 15.8 Å². The molecule has 4 amide bonds. The second kappa shape index (κ2) is 4.67. The molecule has 8 heteroatoms. The largest absolute Gasteiger partial charge is 0.361 e. The highest BCUT2D eigenvalue weighted by atomic mass is 16.5. The quantitative estimate of drug-likeness (QED) is 0.629. The van der Waals surface area contributed by atoms with Gasteiger partial charge >= 0.3 is 6.03 Å². The minimum absolute atomic E-state index is 0.210. The van der Waals surface area contributed by atoms with E-state index in [4.69, 9.17) is 4.52 Å². The molecule has 2 N–H and O–H groups in total. The number of amides is 4. The standard InChI is InChI=1S/C16H14N4O4/c1-8-10(9(2)24-19-8)7-20-12-6-4-3-5-11(12)16(14(20)22)13(21)17-15(23)18-16/h3-6H,7H2,1-2H3,(H2,17,18,21,23). The van der Waals surface area contributed by atoms with Crippen LogP contribution in [0.2, 0.25) is 0 Å². The summed E-state index contributed by atoms with van der Waals surface area (Å²) >= 11 is 0. The average molecular weight is 326 g/mol. The lowest BCUT2D eigenvalue weighted by Gasteiger charge is -2.21. The fourth-order valence-corrected chi connectivity index (χ4v) is 3.29. The molecule has 2 aromatic rings. The number of hydrogen-bond acceptors (Lipinski definition) is 5. The maximum Gasteiger partial charge on any atom is 0.323 e. The molecule has 2 aliphatic rings. The molecule has 0 bridgehead atoms. The molecular weight excluding hydrogens is 312 g/mol. The van der Waals surface area contributed by atoms with Gasteiger partial charge in [0.25, 0.3) is 11.8 Å². The third-order valence-corrected chi connectivity index (χ3v) is 4.53. The van der Waals surface area contributed by atoms with E-state index in [1.54, 1.807) is 38.1 Å². The zero-order chi connectivity index (χ0) is 17.1. The summed E-state index contributed by atoms with van der Waals surface area (Å²) < 4.78 is 5.15. The van der Waals surface area contributed by atoms with E-state index < -0.39 is 23.4 Å². The first-order chi connectivity index (χ1) is 11.4. The lowest BCUT2D eigenvalue weighted by Crippen LogP contribution is -2.52. The zero-order valence-corrected chi connectivity index (χ0v) is 13.0. The van der Waals surface area contributed by atoms with Crippen LogP contribution in [0.5, 0.6) is 0 Å². The van der Waals surface area contributed by atoms with Gasteiger partial charge in [-0.25, -0.2) is 4.79 Å². The molecule has 1 aromatic carbocycles. The highest BCUT2D eigenvalue weighted by molar-refractivity contribution is 6.27. The summed E-state index contributed by atoms with van der Waals surface area (Å²) in [5.74, 6) is -0.545. The lowest BCUT2D eigenvalue weighted by molar-refractivity contribution is -0.134. The predicted molar refractivity (Wildman–Crippen MR) is 82.0 cm³/mol. The van der Waals surface area contributed by atoms with Crippen LogP contribution in [0.25, 0.3) is 0 Å². The Morgan fingerprint density at radius 2 is 1.96 bits per heavy atom.